The van der Waals surface area contributed by atoms with Crippen LogP contribution in [-0.4, -0.2) is 15.7 Å². The van der Waals surface area contributed by atoms with E-state index in [0.717, 1.165) is 17.1 Å². The second kappa shape index (κ2) is 9.27. The zero-order valence-corrected chi connectivity index (χ0v) is 20.8. The van der Waals surface area contributed by atoms with Crippen LogP contribution in [0.5, 0.6) is 0 Å². The maximum absolute atomic E-state index is 14.6. The molecule has 0 saturated heterocycles. The number of carbonyl (C=O) groups is 1. The van der Waals surface area contributed by atoms with Crippen LogP contribution in [0.15, 0.2) is 48.5 Å². The summed E-state index contributed by atoms with van der Waals surface area (Å²) in [5.41, 5.74) is 8.63. The summed E-state index contributed by atoms with van der Waals surface area (Å²) < 4.78 is 16.4. The SMILES string of the molecule is CC(C(=O)NCc1cc(C(C)(C)C)nn1-c1cccc(Cl)c1)c1ccc(C(C)(C)N)c(F)c1. The van der Waals surface area contributed by atoms with Crippen molar-refractivity contribution >= 4 is 17.5 Å². The largest absolute Gasteiger partial charge is 0.350 e. The van der Waals surface area contributed by atoms with Gasteiger partial charge in [0.15, 0.2) is 0 Å². The third-order valence-electron chi connectivity index (χ3n) is 5.63. The normalized spacial score (nSPS) is 13.1. The molecular weight excluding hydrogens is 439 g/mol. The molecule has 33 heavy (non-hydrogen) atoms. The van der Waals surface area contributed by atoms with Gasteiger partial charge in [0.25, 0.3) is 0 Å². The number of aromatic nitrogens is 2. The molecule has 3 aromatic rings. The van der Waals surface area contributed by atoms with Gasteiger partial charge in [0.2, 0.25) is 5.91 Å². The molecule has 0 radical (unpaired) electrons. The summed E-state index contributed by atoms with van der Waals surface area (Å²) in [6.07, 6.45) is 0. The van der Waals surface area contributed by atoms with Gasteiger partial charge >= 0.3 is 0 Å². The highest BCUT2D eigenvalue weighted by Gasteiger charge is 2.24. The topological polar surface area (TPSA) is 72.9 Å². The lowest BCUT2D eigenvalue weighted by molar-refractivity contribution is -0.122. The molecule has 1 heterocycles. The van der Waals surface area contributed by atoms with Crippen LogP contribution in [0.4, 0.5) is 4.39 Å². The van der Waals surface area contributed by atoms with Crippen LogP contribution in [0.3, 0.4) is 0 Å². The zero-order valence-electron chi connectivity index (χ0n) is 20.0. The van der Waals surface area contributed by atoms with E-state index >= 15 is 0 Å². The lowest BCUT2D eigenvalue weighted by atomic mass is 9.91. The van der Waals surface area contributed by atoms with Crippen molar-refractivity contribution in [2.45, 2.75) is 65.0 Å². The van der Waals surface area contributed by atoms with Crippen LogP contribution in [0.1, 0.15) is 70.0 Å². The summed E-state index contributed by atoms with van der Waals surface area (Å²) in [5.74, 6) is -1.14. The van der Waals surface area contributed by atoms with Crippen molar-refractivity contribution in [3.63, 3.8) is 0 Å². The van der Waals surface area contributed by atoms with Gasteiger partial charge in [0, 0.05) is 21.5 Å². The first kappa shape index (κ1) is 24.9. The van der Waals surface area contributed by atoms with Crippen LogP contribution in [0, 0.1) is 5.82 Å². The van der Waals surface area contributed by atoms with Crippen molar-refractivity contribution in [2.24, 2.45) is 5.73 Å². The Labute approximate surface area is 200 Å². The minimum Gasteiger partial charge on any atom is -0.350 e. The molecule has 7 heteroatoms. The Morgan fingerprint density at radius 3 is 2.42 bits per heavy atom. The number of amides is 1. The molecule has 1 unspecified atom stereocenters. The number of benzene rings is 2. The lowest BCUT2D eigenvalue weighted by Gasteiger charge is -2.21. The Morgan fingerprint density at radius 2 is 1.85 bits per heavy atom. The van der Waals surface area contributed by atoms with E-state index in [1.165, 1.54) is 6.07 Å². The smallest absolute Gasteiger partial charge is 0.227 e. The van der Waals surface area contributed by atoms with Crippen molar-refractivity contribution in [1.82, 2.24) is 15.1 Å². The summed E-state index contributed by atoms with van der Waals surface area (Å²) in [5, 5.41) is 8.34. The molecule has 3 N–H and O–H groups in total. The molecule has 0 aliphatic heterocycles. The highest BCUT2D eigenvalue weighted by Crippen LogP contribution is 2.26. The lowest BCUT2D eigenvalue weighted by Crippen LogP contribution is -2.31. The number of rotatable bonds is 6. The van der Waals surface area contributed by atoms with Crippen molar-refractivity contribution in [1.29, 1.82) is 0 Å². The van der Waals surface area contributed by atoms with E-state index in [2.05, 4.69) is 26.1 Å². The molecule has 3 rings (SSSR count). The van der Waals surface area contributed by atoms with Crippen LogP contribution in [-0.2, 0) is 22.3 Å². The molecule has 1 amide bonds. The number of hydrogen-bond acceptors (Lipinski definition) is 3. The van der Waals surface area contributed by atoms with Gasteiger partial charge < -0.3 is 11.1 Å². The molecular formula is C26H32ClFN4O. The Balaban J connectivity index is 1.82. The molecule has 0 saturated carbocycles. The molecule has 0 spiro atoms. The predicted octanol–water partition coefficient (Wildman–Crippen LogP) is 5.58. The molecule has 1 aromatic heterocycles. The average Bonchev–Trinajstić information content (AvgIpc) is 3.15. The minimum absolute atomic E-state index is 0.161. The second-order valence-electron chi connectivity index (χ2n) is 10.1. The molecule has 0 aliphatic carbocycles. The van der Waals surface area contributed by atoms with Gasteiger partial charge in [-0.25, -0.2) is 9.07 Å². The minimum atomic E-state index is -0.794. The van der Waals surface area contributed by atoms with Gasteiger partial charge in [-0.15, -0.1) is 0 Å². The monoisotopic (exact) mass is 470 g/mol. The number of nitrogens with one attached hydrogen (secondary N) is 1. The zero-order chi connectivity index (χ0) is 24.6. The molecule has 176 valence electrons. The van der Waals surface area contributed by atoms with E-state index in [1.807, 2.05) is 24.3 Å². The summed E-state index contributed by atoms with van der Waals surface area (Å²) in [6.45, 7) is 11.8. The molecule has 2 aromatic carbocycles. The number of nitrogens with two attached hydrogens (primary N) is 1. The molecule has 1 atom stereocenters. The van der Waals surface area contributed by atoms with Gasteiger partial charge in [-0.05, 0) is 56.7 Å². The van der Waals surface area contributed by atoms with E-state index in [4.69, 9.17) is 22.4 Å². The Morgan fingerprint density at radius 1 is 1.15 bits per heavy atom. The van der Waals surface area contributed by atoms with Gasteiger partial charge in [0.05, 0.1) is 29.5 Å². The van der Waals surface area contributed by atoms with Gasteiger partial charge in [-0.3, -0.25) is 4.79 Å². The second-order valence-corrected chi connectivity index (χ2v) is 10.5. The molecule has 0 aliphatic rings. The highest BCUT2D eigenvalue weighted by atomic mass is 35.5. The fourth-order valence-electron chi connectivity index (χ4n) is 3.55. The van der Waals surface area contributed by atoms with E-state index in [-0.39, 0.29) is 17.9 Å². The Kier molecular flexibility index (Phi) is 7.01. The predicted molar refractivity (Wildman–Crippen MR) is 131 cm³/mol. The fraction of sp³-hybridized carbons (Fsp3) is 0.385. The number of nitrogens with zero attached hydrogens (tertiary/aromatic N) is 2. The third-order valence-corrected chi connectivity index (χ3v) is 5.86. The number of carbonyl (C=O) groups excluding carboxylic acids is 1. The van der Waals surface area contributed by atoms with E-state index < -0.39 is 17.3 Å². The van der Waals surface area contributed by atoms with Gasteiger partial charge in [-0.1, -0.05) is 50.6 Å². The first-order valence-corrected chi connectivity index (χ1v) is 11.4. The van der Waals surface area contributed by atoms with E-state index in [1.54, 1.807) is 43.7 Å². The van der Waals surface area contributed by atoms with Gasteiger partial charge in [0.1, 0.15) is 5.82 Å². The standard InChI is InChI=1S/C26H32ClFN4O/c1-16(17-10-11-21(22(28)12-17)26(5,6)29)24(33)30-15-20-14-23(25(2,3)4)31-32(20)19-9-7-8-18(27)13-19/h7-14,16H,15,29H2,1-6H3,(H,30,33). The average molecular weight is 471 g/mol. The van der Waals surface area contributed by atoms with Crippen LogP contribution in [0.2, 0.25) is 5.02 Å². The van der Waals surface area contributed by atoms with E-state index in [0.29, 0.717) is 16.1 Å². The molecule has 0 bridgehead atoms. The Hall–Kier alpha value is -2.70. The van der Waals surface area contributed by atoms with Crippen molar-refractivity contribution in [3.8, 4) is 5.69 Å². The van der Waals surface area contributed by atoms with Crippen molar-refractivity contribution < 1.29 is 9.18 Å². The Bertz CT molecular complexity index is 1160. The highest BCUT2D eigenvalue weighted by molar-refractivity contribution is 6.30. The summed E-state index contributed by atoms with van der Waals surface area (Å²) in [4.78, 5) is 12.9. The van der Waals surface area contributed by atoms with Crippen LogP contribution >= 0.6 is 11.6 Å². The summed E-state index contributed by atoms with van der Waals surface area (Å²) in [6, 6.07) is 14.2. The maximum Gasteiger partial charge on any atom is 0.227 e. The van der Waals surface area contributed by atoms with Crippen LogP contribution in [0.25, 0.3) is 5.69 Å². The van der Waals surface area contributed by atoms with Gasteiger partial charge in [-0.2, -0.15) is 5.10 Å². The molecule has 0 fully saturated rings. The van der Waals surface area contributed by atoms with E-state index in [9.17, 15) is 9.18 Å². The first-order valence-electron chi connectivity index (χ1n) is 11.0. The van der Waals surface area contributed by atoms with Crippen LogP contribution < -0.4 is 11.1 Å². The summed E-state index contributed by atoms with van der Waals surface area (Å²) >= 11 is 6.18. The quantitative estimate of drug-likeness (QED) is 0.494. The number of halogens is 2. The van der Waals surface area contributed by atoms with Crippen molar-refractivity contribution in [3.05, 3.63) is 81.9 Å². The maximum atomic E-state index is 14.6. The van der Waals surface area contributed by atoms with Crippen molar-refractivity contribution in [2.75, 3.05) is 0 Å². The molecule has 5 nitrogen and oxygen atoms in total. The fourth-order valence-corrected chi connectivity index (χ4v) is 3.73. The third kappa shape index (κ3) is 5.81. The number of hydrogen-bond donors (Lipinski definition) is 2. The first-order chi connectivity index (χ1) is 15.3. The summed E-state index contributed by atoms with van der Waals surface area (Å²) in [7, 11) is 0.